The number of amides is 2. The molecule has 0 aliphatic carbocycles. The molecule has 0 saturated heterocycles. The average Bonchev–Trinajstić information content (AvgIpc) is 2.60. The van der Waals surface area contributed by atoms with Crippen LogP contribution in [0.3, 0.4) is 0 Å². The van der Waals surface area contributed by atoms with Gasteiger partial charge in [-0.25, -0.2) is 9.82 Å². The van der Waals surface area contributed by atoms with Crippen molar-refractivity contribution in [3.05, 3.63) is 75.6 Å². The number of carbonyl (C=O) groups excluding carboxylic acids is 2. The Kier molecular flexibility index (Phi) is 5.88. The number of halogens is 1. The summed E-state index contributed by atoms with van der Waals surface area (Å²) in [4.78, 5) is 33.6. The van der Waals surface area contributed by atoms with E-state index in [1.165, 1.54) is 30.3 Å². The van der Waals surface area contributed by atoms with E-state index in [0.717, 1.165) is 18.3 Å². The van der Waals surface area contributed by atoms with E-state index in [0.29, 0.717) is 0 Å². The lowest BCUT2D eigenvalue weighted by Crippen LogP contribution is -2.34. The van der Waals surface area contributed by atoms with E-state index in [4.69, 9.17) is 0 Å². The molecule has 2 rings (SSSR count). The molecule has 0 saturated carbocycles. The molecule has 2 amide bonds. The molecule has 25 heavy (non-hydrogen) atoms. The van der Waals surface area contributed by atoms with Gasteiger partial charge in [0.25, 0.3) is 17.5 Å². The topological polar surface area (TPSA) is 114 Å². The second-order valence-electron chi connectivity index (χ2n) is 4.80. The summed E-state index contributed by atoms with van der Waals surface area (Å²) in [5.74, 6) is -1.64. The van der Waals surface area contributed by atoms with Crippen LogP contribution in [-0.4, -0.2) is 29.5 Å². The van der Waals surface area contributed by atoms with E-state index in [1.807, 2.05) is 0 Å². The third kappa shape index (κ3) is 5.20. The van der Waals surface area contributed by atoms with Gasteiger partial charge in [-0.1, -0.05) is 12.1 Å². The van der Waals surface area contributed by atoms with Crippen LogP contribution >= 0.6 is 0 Å². The van der Waals surface area contributed by atoms with E-state index in [-0.39, 0.29) is 23.4 Å². The fourth-order valence-electron chi connectivity index (χ4n) is 1.84. The molecule has 0 spiro atoms. The van der Waals surface area contributed by atoms with E-state index in [2.05, 4.69) is 15.8 Å². The Hall–Kier alpha value is -3.62. The van der Waals surface area contributed by atoms with Crippen LogP contribution in [0.4, 0.5) is 10.1 Å². The standard InChI is InChI=1S/C16H13FN4O4/c17-13-7-5-11(6-8-13)16(23)18-10-15(22)20-19-9-12-3-1-2-4-14(12)21(24)25/h1-9H,10H2,(H,18,23)(H,20,22). The number of nitro benzene ring substituents is 1. The predicted octanol–water partition coefficient (Wildman–Crippen LogP) is 1.61. The van der Waals surface area contributed by atoms with Crippen LogP contribution in [0.25, 0.3) is 0 Å². The molecule has 0 atom stereocenters. The molecule has 0 bridgehead atoms. The summed E-state index contributed by atoms with van der Waals surface area (Å²) in [6.07, 6.45) is 1.14. The van der Waals surface area contributed by atoms with E-state index in [9.17, 15) is 24.1 Å². The van der Waals surface area contributed by atoms with Crippen molar-refractivity contribution in [1.29, 1.82) is 0 Å². The lowest BCUT2D eigenvalue weighted by Gasteiger charge is -2.04. The maximum Gasteiger partial charge on any atom is 0.278 e. The number of nitrogens with zero attached hydrogens (tertiary/aromatic N) is 2. The Labute approximate surface area is 141 Å². The Bertz CT molecular complexity index is 821. The smallest absolute Gasteiger partial charge is 0.278 e. The van der Waals surface area contributed by atoms with Crippen LogP contribution in [0.2, 0.25) is 0 Å². The molecule has 9 heteroatoms. The summed E-state index contributed by atoms with van der Waals surface area (Å²) in [5, 5.41) is 16.8. The molecule has 0 radical (unpaired) electrons. The van der Waals surface area contributed by atoms with Gasteiger partial charge in [0.05, 0.1) is 23.2 Å². The highest BCUT2D eigenvalue weighted by Gasteiger charge is 2.10. The van der Waals surface area contributed by atoms with Crippen LogP contribution < -0.4 is 10.7 Å². The van der Waals surface area contributed by atoms with Gasteiger partial charge in [-0.3, -0.25) is 19.7 Å². The van der Waals surface area contributed by atoms with Crippen molar-refractivity contribution in [1.82, 2.24) is 10.7 Å². The first kappa shape index (κ1) is 17.7. The minimum atomic E-state index is -0.620. The van der Waals surface area contributed by atoms with E-state index < -0.39 is 22.6 Å². The predicted molar refractivity (Wildman–Crippen MR) is 87.6 cm³/mol. The fraction of sp³-hybridized carbons (Fsp3) is 0.0625. The average molecular weight is 344 g/mol. The molecule has 128 valence electrons. The van der Waals surface area contributed by atoms with Crippen LogP contribution in [0.5, 0.6) is 0 Å². The first-order valence-electron chi connectivity index (χ1n) is 7.06. The zero-order valence-electron chi connectivity index (χ0n) is 12.8. The third-order valence-electron chi connectivity index (χ3n) is 3.04. The molecule has 0 fully saturated rings. The van der Waals surface area contributed by atoms with Gasteiger partial charge in [-0.15, -0.1) is 0 Å². The van der Waals surface area contributed by atoms with Crippen molar-refractivity contribution in [2.24, 2.45) is 5.10 Å². The Balaban J connectivity index is 1.86. The SMILES string of the molecule is O=C(CNC(=O)c1ccc(F)cc1)NN=Cc1ccccc1[N+](=O)[O-]. The molecule has 8 nitrogen and oxygen atoms in total. The molecule has 2 N–H and O–H groups in total. The normalized spacial score (nSPS) is 10.4. The first-order chi connectivity index (χ1) is 12.0. The highest BCUT2D eigenvalue weighted by molar-refractivity contribution is 5.96. The fourth-order valence-corrected chi connectivity index (χ4v) is 1.84. The number of para-hydroxylation sites is 1. The molecular formula is C16H13FN4O4. The number of benzene rings is 2. The van der Waals surface area contributed by atoms with Gasteiger partial charge in [0, 0.05) is 11.6 Å². The lowest BCUT2D eigenvalue weighted by molar-refractivity contribution is -0.385. The molecule has 2 aromatic rings. The number of carbonyl (C=O) groups is 2. The van der Waals surface area contributed by atoms with Gasteiger partial charge < -0.3 is 5.32 Å². The second kappa shape index (κ2) is 8.29. The minimum Gasteiger partial charge on any atom is -0.343 e. The Morgan fingerprint density at radius 1 is 1.16 bits per heavy atom. The molecule has 0 aliphatic rings. The van der Waals surface area contributed by atoms with Crippen LogP contribution in [0, 0.1) is 15.9 Å². The maximum absolute atomic E-state index is 12.8. The highest BCUT2D eigenvalue weighted by Crippen LogP contribution is 2.14. The summed E-state index contributed by atoms with van der Waals surface area (Å²) >= 11 is 0. The summed E-state index contributed by atoms with van der Waals surface area (Å²) in [5.41, 5.74) is 2.43. The zero-order valence-corrected chi connectivity index (χ0v) is 12.8. The monoisotopic (exact) mass is 344 g/mol. The largest absolute Gasteiger partial charge is 0.343 e. The van der Waals surface area contributed by atoms with Crippen molar-refractivity contribution in [3.8, 4) is 0 Å². The number of hydrazone groups is 1. The van der Waals surface area contributed by atoms with Gasteiger partial charge in [0.15, 0.2) is 0 Å². The van der Waals surface area contributed by atoms with Crippen LogP contribution in [0.1, 0.15) is 15.9 Å². The van der Waals surface area contributed by atoms with Crippen molar-refractivity contribution in [2.75, 3.05) is 6.54 Å². The lowest BCUT2D eigenvalue weighted by atomic mass is 10.2. The van der Waals surface area contributed by atoms with Gasteiger partial charge in [-0.05, 0) is 30.3 Å². The molecule has 2 aromatic carbocycles. The van der Waals surface area contributed by atoms with Gasteiger partial charge >= 0.3 is 0 Å². The number of hydrogen-bond donors (Lipinski definition) is 2. The van der Waals surface area contributed by atoms with Crippen molar-refractivity contribution in [2.45, 2.75) is 0 Å². The third-order valence-corrected chi connectivity index (χ3v) is 3.04. The molecule has 0 heterocycles. The van der Waals surface area contributed by atoms with Crippen molar-refractivity contribution < 1.29 is 18.9 Å². The Morgan fingerprint density at radius 3 is 2.52 bits per heavy atom. The summed E-state index contributed by atoms with van der Waals surface area (Å²) < 4.78 is 12.8. The number of hydrogen-bond acceptors (Lipinski definition) is 5. The Morgan fingerprint density at radius 2 is 1.84 bits per heavy atom. The molecule has 0 aromatic heterocycles. The van der Waals surface area contributed by atoms with E-state index in [1.54, 1.807) is 6.07 Å². The summed E-state index contributed by atoms with van der Waals surface area (Å²) in [7, 11) is 0. The molecule has 0 aliphatic heterocycles. The number of nitrogens with one attached hydrogen (secondary N) is 2. The maximum atomic E-state index is 12.8. The van der Waals surface area contributed by atoms with Crippen LogP contribution in [0.15, 0.2) is 53.6 Å². The molecule has 0 unspecified atom stereocenters. The van der Waals surface area contributed by atoms with Gasteiger partial charge in [-0.2, -0.15) is 5.10 Å². The quantitative estimate of drug-likeness (QED) is 0.471. The van der Waals surface area contributed by atoms with E-state index >= 15 is 0 Å². The van der Waals surface area contributed by atoms with Crippen LogP contribution in [-0.2, 0) is 4.79 Å². The first-order valence-corrected chi connectivity index (χ1v) is 7.06. The summed E-state index contributed by atoms with van der Waals surface area (Å²) in [6, 6.07) is 10.7. The number of nitro groups is 1. The number of rotatable bonds is 6. The highest BCUT2D eigenvalue weighted by atomic mass is 19.1. The van der Waals surface area contributed by atoms with Gasteiger partial charge in [0.2, 0.25) is 0 Å². The second-order valence-corrected chi connectivity index (χ2v) is 4.80. The molecular weight excluding hydrogens is 331 g/mol. The van der Waals surface area contributed by atoms with Crippen molar-refractivity contribution in [3.63, 3.8) is 0 Å². The summed E-state index contributed by atoms with van der Waals surface area (Å²) in [6.45, 7) is -0.357. The van der Waals surface area contributed by atoms with Crippen molar-refractivity contribution >= 4 is 23.7 Å². The zero-order chi connectivity index (χ0) is 18.2. The minimum absolute atomic E-state index is 0.148. The van der Waals surface area contributed by atoms with Gasteiger partial charge in [0.1, 0.15) is 5.82 Å².